The van der Waals surface area contributed by atoms with E-state index in [4.69, 9.17) is 10.5 Å². The molecule has 3 N–H and O–H groups in total. The van der Waals surface area contributed by atoms with E-state index in [-0.39, 0.29) is 16.8 Å². The quantitative estimate of drug-likeness (QED) is 0.775. The molecule has 8 heteroatoms. The van der Waals surface area contributed by atoms with E-state index in [2.05, 4.69) is 4.72 Å². The smallest absolute Gasteiger partial charge is 0.240 e. The standard InChI is InChI=1S/C16H23N3O4S/c17-6-3-16(20)19-7-4-12-9-15(2-1-13(12)10-19)24(21,22)18-14-5-8-23-11-14/h1-2,9,14,18H,3-8,10-11,17H2/t14-/m0/s1. The third-order valence-electron chi connectivity index (χ3n) is 4.46. The van der Waals surface area contributed by atoms with Gasteiger partial charge in [0.1, 0.15) is 0 Å². The van der Waals surface area contributed by atoms with Crippen molar-refractivity contribution in [2.24, 2.45) is 5.73 Å². The predicted molar refractivity (Wildman–Crippen MR) is 88.8 cm³/mol. The molecule has 1 aromatic rings. The van der Waals surface area contributed by atoms with Crippen molar-refractivity contribution in [1.82, 2.24) is 9.62 Å². The molecular formula is C16H23N3O4S. The number of rotatable bonds is 5. The summed E-state index contributed by atoms with van der Waals surface area (Å²) in [6, 6.07) is 4.97. The summed E-state index contributed by atoms with van der Waals surface area (Å²) in [6.45, 7) is 2.46. The van der Waals surface area contributed by atoms with E-state index in [1.807, 2.05) is 0 Å². The van der Waals surface area contributed by atoms with Gasteiger partial charge in [0.2, 0.25) is 15.9 Å². The highest BCUT2D eigenvalue weighted by Crippen LogP contribution is 2.23. The summed E-state index contributed by atoms with van der Waals surface area (Å²) in [6.07, 6.45) is 1.69. The fourth-order valence-corrected chi connectivity index (χ4v) is 4.41. The lowest BCUT2D eigenvalue weighted by Crippen LogP contribution is -2.37. The molecule has 2 heterocycles. The van der Waals surface area contributed by atoms with Gasteiger partial charge in [-0.2, -0.15) is 0 Å². The van der Waals surface area contributed by atoms with Gasteiger partial charge < -0.3 is 15.4 Å². The molecule has 2 aliphatic rings. The summed E-state index contributed by atoms with van der Waals surface area (Å²) in [5.41, 5.74) is 7.41. The zero-order chi connectivity index (χ0) is 17.2. The van der Waals surface area contributed by atoms with Crippen molar-refractivity contribution in [3.05, 3.63) is 29.3 Å². The second kappa shape index (κ2) is 7.18. The van der Waals surface area contributed by atoms with Gasteiger partial charge in [-0.1, -0.05) is 6.07 Å². The number of hydrogen-bond acceptors (Lipinski definition) is 5. The molecule has 0 bridgehead atoms. The molecule has 0 radical (unpaired) electrons. The van der Waals surface area contributed by atoms with E-state index in [0.717, 1.165) is 11.1 Å². The second-order valence-electron chi connectivity index (χ2n) is 6.22. The lowest BCUT2D eigenvalue weighted by Gasteiger charge is -2.29. The van der Waals surface area contributed by atoms with Crippen LogP contribution in [0.25, 0.3) is 0 Å². The van der Waals surface area contributed by atoms with Crippen LogP contribution in [-0.2, 0) is 32.5 Å². The van der Waals surface area contributed by atoms with Crippen molar-refractivity contribution in [1.29, 1.82) is 0 Å². The topological polar surface area (TPSA) is 102 Å². The zero-order valence-corrected chi connectivity index (χ0v) is 14.3. The van der Waals surface area contributed by atoms with Crippen molar-refractivity contribution >= 4 is 15.9 Å². The van der Waals surface area contributed by atoms with E-state index in [0.29, 0.717) is 52.1 Å². The molecule has 132 valence electrons. The monoisotopic (exact) mass is 353 g/mol. The molecule has 0 spiro atoms. The van der Waals surface area contributed by atoms with Gasteiger partial charge >= 0.3 is 0 Å². The van der Waals surface area contributed by atoms with Crippen LogP contribution in [0.2, 0.25) is 0 Å². The van der Waals surface area contributed by atoms with Crippen molar-refractivity contribution < 1.29 is 17.9 Å². The summed E-state index contributed by atoms with van der Waals surface area (Å²) in [5.74, 6) is 0.0442. The lowest BCUT2D eigenvalue weighted by molar-refractivity contribution is -0.131. The third kappa shape index (κ3) is 3.77. The highest BCUT2D eigenvalue weighted by Gasteiger charge is 2.26. The Labute approximate surface area is 142 Å². The van der Waals surface area contributed by atoms with E-state index in [1.54, 1.807) is 23.1 Å². The van der Waals surface area contributed by atoms with Crippen molar-refractivity contribution in [3.63, 3.8) is 0 Å². The Morgan fingerprint density at radius 2 is 2.21 bits per heavy atom. The molecule has 7 nitrogen and oxygen atoms in total. The van der Waals surface area contributed by atoms with Crippen LogP contribution >= 0.6 is 0 Å². The van der Waals surface area contributed by atoms with Gasteiger partial charge in [0, 0.05) is 38.7 Å². The fourth-order valence-electron chi connectivity index (χ4n) is 3.11. The molecule has 0 aromatic heterocycles. The van der Waals surface area contributed by atoms with Crippen LogP contribution in [0.1, 0.15) is 24.0 Å². The van der Waals surface area contributed by atoms with Crippen LogP contribution in [-0.4, -0.2) is 51.6 Å². The first-order valence-corrected chi connectivity index (χ1v) is 9.67. The highest BCUT2D eigenvalue weighted by molar-refractivity contribution is 7.89. The number of sulfonamides is 1. The van der Waals surface area contributed by atoms with E-state index in [1.165, 1.54) is 0 Å². The van der Waals surface area contributed by atoms with Crippen molar-refractivity contribution in [2.45, 2.75) is 36.7 Å². The Morgan fingerprint density at radius 1 is 1.38 bits per heavy atom. The average Bonchev–Trinajstić information content (AvgIpc) is 3.06. The first-order chi connectivity index (χ1) is 11.5. The molecule has 0 saturated carbocycles. The van der Waals surface area contributed by atoms with Crippen molar-refractivity contribution in [2.75, 3.05) is 26.3 Å². The molecule has 1 aromatic carbocycles. The van der Waals surface area contributed by atoms with Crippen LogP contribution < -0.4 is 10.5 Å². The summed E-state index contributed by atoms with van der Waals surface area (Å²) in [4.78, 5) is 14.0. The first kappa shape index (κ1) is 17.3. The molecule has 0 unspecified atom stereocenters. The summed E-state index contributed by atoms with van der Waals surface area (Å²) < 4.78 is 32.9. The Kier molecular flexibility index (Phi) is 5.19. The third-order valence-corrected chi connectivity index (χ3v) is 5.98. The van der Waals surface area contributed by atoms with Gasteiger partial charge in [0.05, 0.1) is 11.5 Å². The number of nitrogens with zero attached hydrogens (tertiary/aromatic N) is 1. The van der Waals surface area contributed by atoms with Gasteiger partial charge in [0.15, 0.2) is 0 Å². The molecule has 1 amide bonds. The number of amides is 1. The van der Waals surface area contributed by atoms with Crippen LogP contribution in [0.5, 0.6) is 0 Å². The van der Waals surface area contributed by atoms with E-state index >= 15 is 0 Å². The number of ether oxygens (including phenoxy) is 1. The molecular weight excluding hydrogens is 330 g/mol. The van der Waals surface area contributed by atoms with Gasteiger partial charge in [-0.25, -0.2) is 13.1 Å². The minimum absolute atomic E-state index is 0.0442. The lowest BCUT2D eigenvalue weighted by atomic mass is 9.99. The number of nitrogens with one attached hydrogen (secondary N) is 1. The summed E-state index contributed by atoms with van der Waals surface area (Å²) in [5, 5.41) is 0. The van der Waals surface area contributed by atoms with Gasteiger partial charge in [-0.05, 0) is 36.1 Å². The number of nitrogens with two attached hydrogens (primary N) is 1. The number of carbonyl (C=O) groups is 1. The fraction of sp³-hybridized carbons (Fsp3) is 0.562. The Bertz CT molecular complexity index is 714. The molecule has 24 heavy (non-hydrogen) atoms. The van der Waals surface area contributed by atoms with Gasteiger partial charge in [0.25, 0.3) is 0 Å². The number of fused-ring (bicyclic) bond motifs is 1. The zero-order valence-electron chi connectivity index (χ0n) is 13.5. The maximum absolute atomic E-state index is 12.5. The summed E-state index contributed by atoms with van der Waals surface area (Å²) >= 11 is 0. The Morgan fingerprint density at radius 3 is 2.92 bits per heavy atom. The first-order valence-electron chi connectivity index (χ1n) is 8.19. The van der Waals surface area contributed by atoms with E-state index < -0.39 is 10.0 Å². The Balaban J connectivity index is 1.74. The minimum Gasteiger partial charge on any atom is -0.380 e. The SMILES string of the molecule is NCCC(=O)N1CCc2cc(S(=O)(=O)N[C@H]3CCOC3)ccc2C1. The van der Waals surface area contributed by atoms with Crippen LogP contribution in [0.4, 0.5) is 0 Å². The molecule has 0 aliphatic carbocycles. The van der Waals surface area contributed by atoms with Crippen LogP contribution in [0.3, 0.4) is 0 Å². The largest absolute Gasteiger partial charge is 0.380 e. The molecule has 3 rings (SSSR count). The predicted octanol–water partition coefficient (Wildman–Crippen LogP) is -0.0127. The second-order valence-corrected chi connectivity index (χ2v) is 7.93. The average molecular weight is 353 g/mol. The van der Waals surface area contributed by atoms with E-state index in [9.17, 15) is 13.2 Å². The molecule has 2 aliphatic heterocycles. The highest BCUT2D eigenvalue weighted by atomic mass is 32.2. The maximum Gasteiger partial charge on any atom is 0.240 e. The maximum atomic E-state index is 12.5. The van der Waals surface area contributed by atoms with Gasteiger partial charge in [-0.15, -0.1) is 0 Å². The minimum atomic E-state index is -3.54. The number of carbonyl (C=O) groups excluding carboxylic acids is 1. The molecule has 1 atom stereocenters. The molecule has 1 saturated heterocycles. The van der Waals surface area contributed by atoms with Crippen LogP contribution in [0.15, 0.2) is 23.1 Å². The van der Waals surface area contributed by atoms with Crippen LogP contribution in [0, 0.1) is 0 Å². The van der Waals surface area contributed by atoms with Gasteiger partial charge in [-0.3, -0.25) is 4.79 Å². The van der Waals surface area contributed by atoms with Crippen molar-refractivity contribution in [3.8, 4) is 0 Å². The number of hydrogen-bond donors (Lipinski definition) is 2. The Hall–Kier alpha value is -1.48. The normalized spacial score (nSPS) is 20.9. The molecule has 1 fully saturated rings. The summed E-state index contributed by atoms with van der Waals surface area (Å²) in [7, 11) is -3.54. The number of benzene rings is 1.